The van der Waals surface area contributed by atoms with Gasteiger partial charge in [-0.2, -0.15) is 0 Å². The molecule has 98 valence electrons. The Morgan fingerprint density at radius 3 is 2.44 bits per heavy atom. The summed E-state index contributed by atoms with van der Waals surface area (Å²) >= 11 is 0. The highest BCUT2D eigenvalue weighted by Crippen LogP contribution is 2.21. The number of hydrogen-bond donors (Lipinski definition) is 1. The van der Waals surface area contributed by atoms with Gasteiger partial charge in [0, 0.05) is 26.9 Å². The third-order valence-electron chi connectivity index (χ3n) is 2.78. The molecule has 0 aromatic heterocycles. The summed E-state index contributed by atoms with van der Waals surface area (Å²) in [4.78, 5) is 11.5. The van der Waals surface area contributed by atoms with E-state index in [2.05, 4.69) is 0 Å². The van der Waals surface area contributed by atoms with Crippen molar-refractivity contribution >= 4 is 11.5 Å². The first kappa shape index (κ1) is 14.5. The van der Waals surface area contributed by atoms with E-state index in [1.54, 1.807) is 6.07 Å². The van der Waals surface area contributed by atoms with Crippen LogP contribution in [-0.4, -0.2) is 31.5 Å². The maximum atomic E-state index is 13.1. The number of carbonyl (C=O) groups is 1. The van der Waals surface area contributed by atoms with Gasteiger partial charge in [-0.25, -0.2) is 4.39 Å². The van der Waals surface area contributed by atoms with Crippen LogP contribution in [0.1, 0.15) is 18.9 Å². The third kappa shape index (κ3) is 3.00. The fourth-order valence-electron chi connectivity index (χ4n) is 1.65. The van der Waals surface area contributed by atoms with E-state index in [-0.39, 0.29) is 17.9 Å². The van der Waals surface area contributed by atoms with Gasteiger partial charge in [-0.05, 0) is 17.7 Å². The molecule has 5 heteroatoms. The van der Waals surface area contributed by atoms with Crippen molar-refractivity contribution in [1.29, 1.82) is 5.41 Å². The Balaban J connectivity index is 2.95. The standard InChI is InChI=1S/C13H16FNO3/c1-9(16)13(17-2,18-3)8-12(15)10-5-4-6-11(14)7-10/h4-7,15H,8H2,1-3H3. The van der Waals surface area contributed by atoms with E-state index in [1.165, 1.54) is 39.3 Å². The topological polar surface area (TPSA) is 59.4 Å². The summed E-state index contributed by atoms with van der Waals surface area (Å²) < 4.78 is 23.2. The molecule has 1 rings (SSSR count). The fraction of sp³-hybridized carbons (Fsp3) is 0.385. The highest BCUT2D eigenvalue weighted by molar-refractivity contribution is 6.01. The monoisotopic (exact) mass is 253 g/mol. The van der Waals surface area contributed by atoms with Crippen molar-refractivity contribution in [2.45, 2.75) is 19.1 Å². The van der Waals surface area contributed by atoms with Gasteiger partial charge in [0.1, 0.15) is 5.82 Å². The predicted molar refractivity (Wildman–Crippen MR) is 65.3 cm³/mol. The molecule has 0 spiro atoms. The van der Waals surface area contributed by atoms with Crippen LogP contribution in [0.25, 0.3) is 0 Å². The van der Waals surface area contributed by atoms with Crippen LogP contribution in [0.4, 0.5) is 4.39 Å². The number of Topliss-reactive ketones (excluding diaryl/α,β-unsaturated/α-hetero) is 1. The third-order valence-corrected chi connectivity index (χ3v) is 2.78. The Bertz CT molecular complexity index is 455. The number of nitrogens with one attached hydrogen (secondary N) is 1. The zero-order valence-corrected chi connectivity index (χ0v) is 10.6. The van der Waals surface area contributed by atoms with Gasteiger partial charge in [-0.1, -0.05) is 12.1 Å². The first-order chi connectivity index (χ1) is 8.45. The summed E-state index contributed by atoms with van der Waals surface area (Å²) in [6.45, 7) is 1.33. The van der Waals surface area contributed by atoms with Gasteiger partial charge >= 0.3 is 0 Å². The van der Waals surface area contributed by atoms with E-state index in [4.69, 9.17) is 14.9 Å². The molecule has 0 aliphatic carbocycles. The molecule has 0 fully saturated rings. The molecular weight excluding hydrogens is 237 g/mol. The van der Waals surface area contributed by atoms with Crippen molar-refractivity contribution < 1.29 is 18.7 Å². The average Bonchev–Trinajstić information content (AvgIpc) is 2.35. The zero-order chi connectivity index (χ0) is 13.8. The van der Waals surface area contributed by atoms with Gasteiger partial charge in [0.25, 0.3) is 0 Å². The lowest BCUT2D eigenvalue weighted by Crippen LogP contribution is -2.43. The van der Waals surface area contributed by atoms with E-state index in [0.717, 1.165) is 0 Å². The highest BCUT2D eigenvalue weighted by atomic mass is 19.1. The summed E-state index contributed by atoms with van der Waals surface area (Å²) in [5.41, 5.74) is 0.475. The number of rotatable bonds is 6. The quantitative estimate of drug-likeness (QED) is 0.624. The second-order valence-electron chi connectivity index (χ2n) is 3.88. The van der Waals surface area contributed by atoms with Crippen LogP contribution in [0.3, 0.4) is 0 Å². The van der Waals surface area contributed by atoms with E-state index < -0.39 is 11.6 Å². The minimum Gasteiger partial charge on any atom is -0.347 e. The van der Waals surface area contributed by atoms with Gasteiger partial charge in [0.2, 0.25) is 5.79 Å². The minimum atomic E-state index is -1.48. The Labute approximate surface area is 105 Å². The number of ether oxygens (including phenoxy) is 2. The van der Waals surface area contributed by atoms with E-state index in [1.807, 2.05) is 0 Å². The SMILES string of the molecule is COC(CC(=N)c1cccc(F)c1)(OC)C(C)=O. The Morgan fingerprint density at radius 2 is 2.00 bits per heavy atom. The van der Waals surface area contributed by atoms with Crippen molar-refractivity contribution in [3.63, 3.8) is 0 Å². The lowest BCUT2D eigenvalue weighted by molar-refractivity contribution is -0.202. The van der Waals surface area contributed by atoms with Crippen LogP contribution in [0.2, 0.25) is 0 Å². The van der Waals surface area contributed by atoms with Crippen LogP contribution >= 0.6 is 0 Å². The molecular formula is C13H16FNO3. The van der Waals surface area contributed by atoms with Gasteiger partial charge in [0.15, 0.2) is 5.78 Å². The highest BCUT2D eigenvalue weighted by Gasteiger charge is 2.37. The number of methoxy groups -OCH3 is 2. The van der Waals surface area contributed by atoms with Crippen LogP contribution in [0.15, 0.2) is 24.3 Å². The molecule has 0 saturated carbocycles. The van der Waals surface area contributed by atoms with Crippen LogP contribution < -0.4 is 0 Å². The predicted octanol–water partition coefficient (Wildman–Crippen LogP) is 2.16. The lowest BCUT2D eigenvalue weighted by Gasteiger charge is -2.28. The average molecular weight is 253 g/mol. The van der Waals surface area contributed by atoms with Crippen LogP contribution in [-0.2, 0) is 14.3 Å². The zero-order valence-electron chi connectivity index (χ0n) is 10.6. The van der Waals surface area contributed by atoms with Gasteiger partial charge < -0.3 is 14.9 Å². The Hall–Kier alpha value is -1.59. The molecule has 18 heavy (non-hydrogen) atoms. The van der Waals surface area contributed by atoms with Gasteiger partial charge in [-0.3, -0.25) is 4.79 Å². The van der Waals surface area contributed by atoms with Crippen LogP contribution in [0.5, 0.6) is 0 Å². The molecule has 0 unspecified atom stereocenters. The summed E-state index contributed by atoms with van der Waals surface area (Å²) in [6, 6.07) is 5.64. The largest absolute Gasteiger partial charge is 0.347 e. The molecule has 0 radical (unpaired) electrons. The maximum absolute atomic E-state index is 13.1. The second-order valence-corrected chi connectivity index (χ2v) is 3.88. The van der Waals surface area contributed by atoms with Gasteiger partial charge in [-0.15, -0.1) is 0 Å². The number of carbonyl (C=O) groups excluding carboxylic acids is 1. The number of ketones is 1. The van der Waals surface area contributed by atoms with E-state index in [9.17, 15) is 9.18 Å². The first-order valence-electron chi connectivity index (χ1n) is 5.40. The fourth-order valence-corrected chi connectivity index (χ4v) is 1.65. The first-order valence-corrected chi connectivity index (χ1v) is 5.40. The number of halogens is 1. The smallest absolute Gasteiger partial charge is 0.233 e. The molecule has 0 saturated heterocycles. The molecule has 0 atom stereocenters. The van der Waals surface area contributed by atoms with Gasteiger partial charge in [0.05, 0.1) is 6.42 Å². The summed E-state index contributed by atoms with van der Waals surface area (Å²) in [6.07, 6.45) is -0.0706. The van der Waals surface area contributed by atoms with E-state index in [0.29, 0.717) is 5.56 Å². The molecule has 1 N–H and O–H groups in total. The van der Waals surface area contributed by atoms with Crippen molar-refractivity contribution in [2.24, 2.45) is 0 Å². The number of benzene rings is 1. The molecule has 1 aromatic rings. The molecule has 0 aliphatic rings. The Kier molecular flexibility index (Phi) is 4.69. The van der Waals surface area contributed by atoms with E-state index >= 15 is 0 Å². The summed E-state index contributed by atoms with van der Waals surface area (Å²) in [5.74, 6) is -2.25. The summed E-state index contributed by atoms with van der Waals surface area (Å²) in [5, 5.41) is 7.90. The second kappa shape index (κ2) is 5.84. The normalized spacial score (nSPS) is 11.3. The molecule has 0 heterocycles. The molecule has 0 amide bonds. The Morgan fingerprint density at radius 1 is 1.39 bits per heavy atom. The number of hydrogen-bond acceptors (Lipinski definition) is 4. The van der Waals surface area contributed by atoms with Crippen molar-refractivity contribution in [3.8, 4) is 0 Å². The van der Waals surface area contributed by atoms with Crippen molar-refractivity contribution in [3.05, 3.63) is 35.6 Å². The van der Waals surface area contributed by atoms with Crippen molar-refractivity contribution in [2.75, 3.05) is 14.2 Å². The molecule has 1 aromatic carbocycles. The summed E-state index contributed by atoms with van der Waals surface area (Å²) in [7, 11) is 2.67. The lowest BCUT2D eigenvalue weighted by atomic mass is 9.99. The minimum absolute atomic E-state index is 0.0706. The molecule has 0 aliphatic heterocycles. The van der Waals surface area contributed by atoms with Crippen molar-refractivity contribution in [1.82, 2.24) is 0 Å². The van der Waals surface area contributed by atoms with Crippen LogP contribution in [0, 0.1) is 11.2 Å². The molecule has 4 nitrogen and oxygen atoms in total. The maximum Gasteiger partial charge on any atom is 0.233 e. The molecule has 0 bridgehead atoms.